The van der Waals surface area contributed by atoms with Crippen LogP contribution >= 0.6 is 0 Å². The number of benzene rings is 1. The van der Waals surface area contributed by atoms with E-state index in [4.69, 9.17) is 10.2 Å². The number of nitrogens with two attached hydrogens (primary N) is 1. The zero-order valence-corrected chi connectivity index (χ0v) is 12.3. The number of hydrogen-bond donors (Lipinski definition) is 1. The highest BCUT2D eigenvalue weighted by Crippen LogP contribution is 2.16. The Morgan fingerprint density at radius 3 is 2.50 bits per heavy atom. The molecule has 1 aromatic heterocycles. The Kier molecular flexibility index (Phi) is 4.27. The van der Waals surface area contributed by atoms with Crippen LogP contribution in [-0.4, -0.2) is 37.0 Å². The molecule has 0 amide bonds. The van der Waals surface area contributed by atoms with Crippen molar-refractivity contribution in [3.63, 3.8) is 0 Å². The van der Waals surface area contributed by atoms with E-state index in [0.717, 1.165) is 37.6 Å². The van der Waals surface area contributed by atoms with Crippen molar-refractivity contribution >= 4 is 11.6 Å². The largest absolute Gasteiger partial charge is 0.467 e. The molecule has 0 atom stereocenters. The Labute approximate surface area is 128 Å². The van der Waals surface area contributed by atoms with E-state index < -0.39 is 0 Å². The highest BCUT2D eigenvalue weighted by atomic mass is 19.1. The van der Waals surface area contributed by atoms with Gasteiger partial charge in [-0.1, -0.05) is 0 Å². The molecule has 1 aromatic carbocycles. The molecular weight excluding hydrogens is 283 g/mol. The standard InChI is InChI=1S/C16H19FN4O/c17-13-3-5-14(6-4-13)20-7-9-21(10-8-20)16(18)19-12-15-2-1-11-22-15/h1-6,11H,7-10,12H2,(H2,18,19). The van der Waals surface area contributed by atoms with Crippen LogP contribution in [0.2, 0.25) is 0 Å². The molecule has 1 aliphatic rings. The summed E-state index contributed by atoms with van der Waals surface area (Å²) in [5.41, 5.74) is 7.07. The van der Waals surface area contributed by atoms with E-state index in [1.165, 1.54) is 12.1 Å². The van der Waals surface area contributed by atoms with Crippen molar-refractivity contribution in [3.05, 3.63) is 54.2 Å². The van der Waals surface area contributed by atoms with Gasteiger partial charge in [-0.3, -0.25) is 0 Å². The quantitative estimate of drug-likeness (QED) is 0.696. The second-order valence-electron chi connectivity index (χ2n) is 5.20. The third-order valence-electron chi connectivity index (χ3n) is 3.77. The molecule has 2 heterocycles. The number of nitrogens with zero attached hydrogens (tertiary/aromatic N) is 3. The van der Waals surface area contributed by atoms with Crippen molar-refractivity contribution in [1.29, 1.82) is 0 Å². The number of halogens is 1. The summed E-state index contributed by atoms with van der Waals surface area (Å²) in [6.45, 7) is 3.72. The van der Waals surface area contributed by atoms with Gasteiger partial charge in [0.2, 0.25) is 0 Å². The molecule has 0 saturated carbocycles. The van der Waals surface area contributed by atoms with E-state index in [9.17, 15) is 4.39 Å². The predicted octanol–water partition coefficient (Wildman–Crippen LogP) is 2.06. The molecule has 6 heteroatoms. The van der Waals surface area contributed by atoms with Crippen LogP contribution < -0.4 is 10.6 Å². The SMILES string of the molecule is NC(=NCc1ccco1)N1CCN(c2ccc(F)cc2)CC1. The summed E-state index contributed by atoms with van der Waals surface area (Å²) in [7, 11) is 0. The highest BCUT2D eigenvalue weighted by molar-refractivity contribution is 5.78. The first-order chi connectivity index (χ1) is 10.7. The van der Waals surface area contributed by atoms with Crippen LogP contribution in [0.5, 0.6) is 0 Å². The Balaban J connectivity index is 1.54. The molecule has 3 rings (SSSR count). The van der Waals surface area contributed by atoms with Crippen LogP contribution in [0, 0.1) is 5.82 Å². The summed E-state index contributed by atoms with van der Waals surface area (Å²) in [5.74, 6) is 1.12. The van der Waals surface area contributed by atoms with Crippen LogP contribution in [0.25, 0.3) is 0 Å². The van der Waals surface area contributed by atoms with E-state index in [1.54, 1.807) is 18.4 Å². The minimum absolute atomic E-state index is 0.211. The van der Waals surface area contributed by atoms with Crippen molar-refractivity contribution in [2.24, 2.45) is 10.7 Å². The Bertz CT molecular complexity index is 616. The number of piperazine rings is 1. The number of anilines is 1. The summed E-state index contributed by atoms with van der Waals surface area (Å²) in [6.07, 6.45) is 1.63. The first kappa shape index (κ1) is 14.4. The molecule has 1 fully saturated rings. The van der Waals surface area contributed by atoms with E-state index >= 15 is 0 Å². The fourth-order valence-corrected chi connectivity index (χ4v) is 2.51. The molecule has 22 heavy (non-hydrogen) atoms. The van der Waals surface area contributed by atoms with Crippen LogP contribution in [0.3, 0.4) is 0 Å². The Morgan fingerprint density at radius 2 is 1.86 bits per heavy atom. The lowest BCUT2D eigenvalue weighted by Gasteiger charge is -2.36. The van der Waals surface area contributed by atoms with E-state index in [0.29, 0.717) is 12.5 Å². The van der Waals surface area contributed by atoms with Gasteiger partial charge in [-0.05, 0) is 36.4 Å². The number of rotatable bonds is 3. The Morgan fingerprint density at radius 1 is 1.14 bits per heavy atom. The van der Waals surface area contributed by atoms with E-state index in [-0.39, 0.29) is 5.82 Å². The lowest BCUT2D eigenvalue weighted by Crippen LogP contribution is -2.51. The molecule has 0 bridgehead atoms. The third-order valence-corrected chi connectivity index (χ3v) is 3.77. The lowest BCUT2D eigenvalue weighted by atomic mass is 10.2. The molecule has 0 unspecified atom stereocenters. The topological polar surface area (TPSA) is 58.0 Å². The van der Waals surface area contributed by atoms with Gasteiger partial charge in [0.05, 0.1) is 6.26 Å². The van der Waals surface area contributed by atoms with Crippen molar-refractivity contribution in [1.82, 2.24) is 4.90 Å². The van der Waals surface area contributed by atoms with Crippen LogP contribution in [0.15, 0.2) is 52.1 Å². The van der Waals surface area contributed by atoms with Gasteiger partial charge < -0.3 is 20.0 Å². The molecule has 0 spiro atoms. The molecule has 2 N–H and O–H groups in total. The van der Waals surface area contributed by atoms with Crippen molar-refractivity contribution in [2.45, 2.75) is 6.54 Å². The van der Waals surface area contributed by atoms with Gasteiger partial charge in [0, 0.05) is 31.9 Å². The monoisotopic (exact) mass is 302 g/mol. The van der Waals surface area contributed by atoms with Gasteiger partial charge in [-0.15, -0.1) is 0 Å². The number of furan rings is 1. The molecule has 1 saturated heterocycles. The van der Waals surface area contributed by atoms with Crippen LogP contribution in [0.1, 0.15) is 5.76 Å². The molecule has 116 valence electrons. The summed E-state index contributed by atoms with van der Waals surface area (Å²) in [5, 5.41) is 0. The van der Waals surface area contributed by atoms with Gasteiger partial charge in [0.15, 0.2) is 5.96 Å². The molecular formula is C16H19FN4O. The lowest BCUT2D eigenvalue weighted by molar-refractivity contribution is 0.380. The molecule has 1 aliphatic heterocycles. The maximum absolute atomic E-state index is 13.0. The fourth-order valence-electron chi connectivity index (χ4n) is 2.51. The smallest absolute Gasteiger partial charge is 0.191 e. The number of aliphatic imine (C=N–C) groups is 1. The Hall–Kier alpha value is -2.50. The van der Waals surface area contributed by atoms with Crippen molar-refractivity contribution < 1.29 is 8.81 Å². The van der Waals surface area contributed by atoms with Crippen LogP contribution in [0.4, 0.5) is 10.1 Å². The van der Waals surface area contributed by atoms with Crippen LogP contribution in [-0.2, 0) is 6.54 Å². The number of guanidine groups is 1. The molecule has 2 aromatic rings. The van der Waals surface area contributed by atoms with Crippen molar-refractivity contribution in [2.75, 3.05) is 31.1 Å². The van der Waals surface area contributed by atoms with Gasteiger partial charge in [0.25, 0.3) is 0 Å². The highest BCUT2D eigenvalue weighted by Gasteiger charge is 2.18. The normalized spacial score (nSPS) is 16.1. The molecule has 0 aliphatic carbocycles. The summed E-state index contributed by atoms with van der Waals surface area (Å²) in [4.78, 5) is 8.63. The average Bonchev–Trinajstić information content (AvgIpc) is 3.07. The molecule has 0 radical (unpaired) electrons. The van der Waals surface area contributed by atoms with Gasteiger partial charge in [0.1, 0.15) is 18.1 Å². The first-order valence-electron chi connectivity index (χ1n) is 7.30. The first-order valence-corrected chi connectivity index (χ1v) is 7.30. The fraction of sp³-hybridized carbons (Fsp3) is 0.312. The van der Waals surface area contributed by atoms with Gasteiger partial charge in [-0.2, -0.15) is 0 Å². The van der Waals surface area contributed by atoms with Crippen molar-refractivity contribution in [3.8, 4) is 0 Å². The van der Waals surface area contributed by atoms with Gasteiger partial charge in [-0.25, -0.2) is 9.38 Å². The molecule has 5 nitrogen and oxygen atoms in total. The summed E-state index contributed by atoms with van der Waals surface area (Å²) in [6, 6.07) is 10.3. The van der Waals surface area contributed by atoms with Gasteiger partial charge >= 0.3 is 0 Å². The van der Waals surface area contributed by atoms with E-state index in [2.05, 4.69) is 14.8 Å². The average molecular weight is 302 g/mol. The minimum atomic E-state index is -0.211. The maximum Gasteiger partial charge on any atom is 0.191 e. The minimum Gasteiger partial charge on any atom is -0.467 e. The summed E-state index contributed by atoms with van der Waals surface area (Å²) >= 11 is 0. The second-order valence-corrected chi connectivity index (χ2v) is 5.20. The third kappa shape index (κ3) is 3.39. The zero-order chi connectivity index (χ0) is 15.4. The summed E-state index contributed by atoms with van der Waals surface area (Å²) < 4.78 is 18.2. The predicted molar refractivity (Wildman–Crippen MR) is 84.2 cm³/mol. The zero-order valence-electron chi connectivity index (χ0n) is 12.3. The maximum atomic E-state index is 13.0. The second kappa shape index (κ2) is 6.51. The number of hydrogen-bond acceptors (Lipinski definition) is 3. The van der Waals surface area contributed by atoms with E-state index in [1.807, 2.05) is 12.1 Å².